The van der Waals surface area contributed by atoms with E-state index in [1.165, 1.54) is 0 Å². The zero-order chi connectivity index (χ0) is 12.5. The Morgan fingerprint density at radius 2 is 1.87 bits per heavy atom. The van der Waals surface area contributed by atoms with E-state index in [0.717, 1.165) is 6.92 Å². The van der Waals surface area contributed by atoms with Crippen LogP contribution < -0.4 is 0 Å². The van der Waals surface area contributed by atoms with Crippen molar-refractivity contribution in [3.8, 4) is 23.8 Å². The van der Waals surface area contributed by atoms with Crippen molar-refractivity contribution in [3.63, 3.8) is 0 Å². The van der Waals surface area contributed by atoms with Crippen molar-refractivity contribution in [2.45, 2.75) is 39.1 Å². The van der Waals surface area contributed by atoms with Crippen molar-refractivity contribution in [1.82, 2.24) is 0 Å². The number of carboxylic acid groups (broad SMARTS) is 1. The SMILES string of the molecule is C#CC[C@@H](O)C#C[Si](C)(C)C.CC(=O)O. The first-order valence-electron chi connectivity index (χ1n) is 4.53. The monoisotopic (exact) mass is 226 g/mol. The summed E-state index contributed by atoms with van der Waals surface area (Å²) in [7, 11) is -1.34. The number of hydrogen-bond acceptors (Lipinski definition) is 2. The Labute approximate surface area is 92.5 Å². The summed E-state index contributed by atoms with van der Waals surface area (Å²) in [4.78, 5) is 9.00. The molecule has 4 heteroatoms. The van der Waals surface area contributed by atoms with Gasteiger partial charge in [0.15, 0.2) is 0 Å². The predicted octanol–water partition coefficient (Wildman–Crippen LogP) is 1.34. The van der Waals surface area contributed by atoms with Gasteiger partial charge in [-0.15, -0.1) is 17.9 Å². The lowest BCUT2D eigenvalue weighted by Crippen LogP contribution is -2.17. The number of rotatable bonds is 1. The summed E-state index contributed by atoms with van der Waals surface area (Å²) in [6.45, 7) is 7.47. The van der Waals surface area contributed by atoms with Crippen molar-refractivity contribution in [3.05, 3.63) is 0 Å². The molecule has 0 bridgehead atoms. The second-order valence-corrected chi connectivity index (χ2v) is 8.71. The summed E-state index contributed by atoms with van der Waals surface area (Å²) in [5.41, 5.74) is 3.05. The molecule has 0 radical (unpaired) electrons. The molecule has 0 aromatic rings. The van der Waals surface area contributed by atoms with Gasteiger partial charge in [-0.1, -0.05) is 25.6 Å². The van der Waals surface area contributed by atoms with Crippen molar-refractivity contribution in [2.75, 3.05) is 0 Å². The molecule has 0 heterocycles. The number of carbonyl (C=O) groups is 1. The molecule has 0 saturated carbocycles. The minimum absolute atomic E-state index is 0.331. The average molecular weight is 226 g/mol. The van der Waals surface area contributed by atoms with E-state index in [9.17, 15) is 0 Å². The Kier molecular flexibility index (Phi) is 8.76. The summed E-state index contributed by atoms with van der Waals surface area (Å²) >= 11 is 0. The molecule has 0 aliphatic heterocycles. The molecular weight excluding hydrogens is 208 g/mol. The van der Waals surface area contributed by atoms with Crippen LogP contribution in [0.15, 0.2) is 0 Å². The highest BCUT2D eigenvalue weighted by atomic mass is 28.3. The van der Waals surface area contributed by atoms with Gasteiger partial charge in [0.2, 0.25) is 0 Å². The lowest BCUT2D eigenvalue weighted by molar-refractivity contribution is -0.134. The minimum atomic E-state index is -1.34. The molecule has 0 aromatic heterocycles. The molecule has 3 nitrogen and oxygen atoms in total. The third-order valence-corrected chi connectivity index (χ3v) is 1.82. The number of carboxylic acids is 1. The maximum absolute atomic E-state index is 9.12. The quantitative estimate of drug-likeness (QED) is 0.524. The van der Waals surface area contributed by atoms with Crippen LogP contribution in [0.25, 0.3) is 0 Å². The van der Waals surface area contributed by atoms with Crippen LogP contribution in [0.5, 0.6) is 0 Å². The van der Waals surface area contributed by atoms with Gasteiger partial charge in [0.25, 0.3) is 5.97 Å². The molecule has 1 atom stereocenters. The highest BCUT2D eigenvalue weighted by Crippen LogP contribution is 1.97. The van der Waals surface area contributed by atoms with Crippen LogP contribution in [0, 0.1) is 23.8 Å². The van der Waals surface area contributed by atoms with Gasteiger partial charge >= 0.3 is 0 Å². The number of terminal acetylenes is 1. The van der Waals surface area contributed by atoms with Crippen LogP contribution in [0.1, 0.15) is 13.3 Å². The lowest BCUT2D eigenvalue weighted by Gasteiger charge is -2.04. The Morgan fingerprint density at radius 3 is 2.13 bits per heavy atom. The maximum atomic E-state index is 9.12. The van der Waals surface area contributed by atoms with E-state index in [1.54, 1.807) is 0 Å². The lowest BCUT2D eigenvalue weighted by atomic mass is 10.3. The fraction of sp³-hybridized carbons (Fsp3) is 0.545. The third-order valence-electron chi connectivity index (χ3n) is 0.925. The normalized spacial score (nSPS) is 10.9. The van der Waals surface area contributed by atoms with Crippen LogP contribution >= 0.6 is 0 Å². The largest absolute Gasteiger partial charge is 0.481 e. The van der Waals surface area contributed by atoms with Crippen LogP contribution in [0.3, 0.4) is 0 Å². The highest BCUT2D eigenvalue weighted by Gasteiger charge is 2.08. The van der Waals surface area contributed by atoms with E-state index < -0.39 is 20.1 Å². The average Bonchev–Trinajstić information content (AvgIpc) is 1.99. The summed E-state index contributed by atoms with van der Waals surface area (Å²) in [5.74, 6) is 4.28. The summed E-state index contributed by atoms with van der Waals surface area (Å²) in [6.07, 6.45) is 4.70. The fourth-order valence-electron chi connectivity index (χ4n) is 0.462. The van der Waals surface area contributed by atoms with E-state index in [2.05, 4.69) is 37.0 Å². The van der Waals surface area contributed by atoms with E-state index >= 15 is 0 Å². The zero-order valence-electron chi connectivity index (χ0n) is 9.66. The smallest absolute Gasteiger partial charge is 0.300 e. The maximum Gasteiger partial charge on any atom is 0.300 e. The number of aliphatic carboxylic acids is 1. The predicted molar refractivity (Wildman–Crippen MR) is 63.9 cm³/mol. The number of hydrogen-bond donors (Lipinski definition) is 2. The second-order valence-electron chi connectivity index (χ2n) is 3.96. The summed E-state index contributed by atoms with van der Waals surface area (Å²) in [5, 5.41) is 16.5. The van der Waals surface area contributed by atoms with Gasteiger partial charge in [-0.05, 0) is 0 Å². The Bertz CT molecular complexity index is 282. The molecule has 15 heavy (non-hydrogen) atoms. The zero-order valence-corrected chi connectivity index (χ0v) is 10.7. The van der Waals surface area contributed by atoms with Crippen LogP contribution in [0.4, 0.5) is 0 Å². The first-order chi connectivity index (χ1) is 6.69. The molecule has 0 amide bonds. The van der Waals surface area contributed by atoms with Crippen LogP contribution in [-0.2, 0) is 4.79 Å². The van der Waals surface area contributed by atoms with E-state index in [-0.39, 0.29) is 0 Å². The van der Waals surface area contributed by atoms with Crippen molar-refractivity contribution in [1.29, 1.82) is 0 Å². The van der Waals surface area contributed by atoms with E-state index in [4.69, 9.17) is 21.4 Å². The van der Waals surface area contributed by atoms with Gasteiger partial charge in [-0.3, -0.25) is 4.79 Å². The first kappa shape index (κ1) is 16.2. The van der Waals surface area contributed by atoms with Crippen LogP contribution in [-0.4, -0.2) is 30.4 Å². The molecule has 0 rings (SSSR count). The van der Waals surface area contributed by atoms with Crippen LogP contribution in [0.2, 0.25) is 19.6 Å². The molecule has 0 aliphatic rings. The van der Waals surface area contributed by atoms with E-state index in [0.29, 0.717) is 6.42 Å². The fourth-order valence-corrected chi connectivity index (χ4v) is 1.06. The number of aliphatic hydroxyl groups is 1. The Morgan fingerprint density at radius 1 is 1.47 bits per heavy atom. The first-order valence-corrected chi connectivity index (χ1v) is 8.03. The molecule has 0 aliphatic carbocycles. The molecule has 0 spiro atoms. The summed E-state index contributed by atoms with van der Waals surface area (Å²) in [6, 6.07) is 0. The minimum Gasteiger partial charge on any atom is -0.481 e. The van der Waals surface area contributed by atoms with Crippen molar-refractivity contribution in [2.24, 2.45) is 0 Å². The molecule has 84 valence electrons. The van der Waals surface area contributed by atoms with Gasteiger partial charge in [-0.25, -0.2) is 0 Å². The van der Waals surface area contributed by atoms with Gasteiger partial charge in [-0.2, -0.15) is 0 Å². The molecule has 0 saturated heterocycles. The van der Waals surface area contributed by atoms with Gasteiger partial charge < -0.3 is 10.2 Å². The Hall–Kier alpha value is -1.23. The standard InChI is InChI=1S/C9H14OSi.C2H4O2/c1-5-6-9(10)7-8-11(2,3)4;1-2(3)4/h1,9-10H,6H2,2-4H3;1H3,(H,3,4)/t9-;/m1./s1. The molecule has 2 N–H and O–H groups in total. The van der Waals surface area contributed by atoms with Crippen molar-refractivity contribution < 1.29 is 15.0 Å². The highest BCUT2D eigenvalue weighted by molar-refractivity contribution is 6.83. The molecule has 0 aromatic carbocycles. The van der Waals surface area contributed by atoms with E-state index in [1.807, 2.05) is 0 Å². The molecule has 0 unspecified atom stereocenters. The van der Waals surface area contributed by atoms with Gasteiger partial charge in [0.1, 0.15) is 14.2 Å². The summed E-state index contributed by atoms with van der Waals surface area (Å²) < 4.78 is 0. The van der Waals surface area contributed by atoms with Crippen molar-refractivity contribution >= 4 is 14.0 Å². The second kappa shape index (κ2) is 8.11. The third kappa shape index (κ3) is 24.5. The Balaban J connectivity index is 0. The van der Waals surface area contributed by atoms with Gasteiger partial charge in [0, 0.05) is 13.3 Å². The molecular formula is C11H18O3Si. The number of aliphatic hydroxyl groups excluding tert-OH is 1. The topological polar surface area (TPSA) is 57.5 Å². The molecule has 0 fully saturated rings. The van der Waals surface area contributed by atoms with Gasteiger partial charge in [0.05, 0.1) is 0 Å².